The van der Waals surface area contributed by atoms with Gasteiger partial charge in [0, 0.05) is 18.3 Å². The van der Waals surface area contributed by atoms with Gasteiger partial charge in [-0.05, 0) is 99.2 Å². The van der Waals surface area contributed by atoms with Crippen molar-refractivity contribution in [3.8, 4) is 0 Å². The number of fused-ring (bicyclic) bond motifs is 5. The van der Waals surface area contributed by atoms with E-state index >= 15 is 0 Å². The largest absolute Gasteiger partial charge is 0.462 e. The zero-order chi connectivity index (χ0) is 26.8. The SMILES string of the molecule is CC(=O)O[C@H]1CC[C@]2(C)[C@H]3CC[C@@]4(C)[C@H]([C@@H]5C[C@H]([C@H]6OC6(C)C)O[C@@H]5O)CC[C@]4(C)C3=CC[C@H]2C1(C)C. The molecule has 0 aromatic heterocycles. The first-order chi connectivity index (χ1) is 17.1. The van der Waals surface area contributed by atoms with Gasteiger partial charge in [0.15, 0.2) is 6.29 Å². The summed E-state index contributed by atoms with van der Waals surface area (Å²) >= 11 is 0. The molecule has 6 aliphatic rings. The number of hydrogen-bond acceptors (Lipinski definition) is 5. The second-order valence-corrected chi connectivity index (χ2v) is 15.5. The molecule has 0 bridgehead atoms. The van der Waals surface area contributed by atoms with Crippen LogP contribution in [0.15, 0.2) is 11.6 Å². The summed E-state index contributed by atoms with van der Waals surface area (Å²) in [5, 5.41) is 11.1. The lowest BCUT2D eigenvalue weighted by molar-refractivity contribution is -0.175. The summed E-state index contributed by atoms with van der Waals surface area (Å²) in [6.45, 7) is 18.1. The van der Waals surface area contributed by atoms with Crippen LogP contribution < -0.4 is 0 Å². The van der Waals surface area contributed by atoms with Gasteiger partial charge in [-0.3, -0.25) is 4.79 Å². The van der Waals surface area contributed by atoms with Gasteiger partial charge in [0.05, 0.1) is 11.7 Å². The van der Waals surface area contributed by atoms with E-state index in [2.05, 4.69) is 54.5 Å². The number of allylic oxidation sites excluding steroid dienone is 2. The average Bonchev–Trinajstić information content (AvgIpc) is 3.12. The molecule has 0 amide bonds. The Labute approximate surface area is 224 Å². The van der Waals surface area contributed by atoms with Crippen LogP contribution in [0.5, 0.6) is 0 Å². The monoisotopic (exact) mass is 514 g/mol. The Morgan fingerprint density at radius 1 is 1.03 bits per heavy atom. The van der Waals surface area contributed by atoms with Crippen molar-refractivity contribution < 1.29 is 24.1 Å². The minimum absolute atomic E-state index is 0.00977. The van der Waals surface area contributed by atoms with E-state index in [1.54, 1.807) is 12.5 Å². The zero-order valence-corrected chi connectivity index (χ0v) is 24.4. The summed E-state index contributed by atoms with van der Waals surface area (Å²) in [5.41, 5.74) is 2.14. The Morgan fingerprint density at radius 2 is 1.73 bits per heavy atom. The van der Waals surface area contributed by atoms with Crippen LogP contribution in [0.2, 0.25) is 0 Å². The third kappa shape index (κ3) is 3.55. The standard InChI is InChI=1S/C32H50O5/c1-18(33)35-25-13-14-30(6)21-12-16-31(7)20(19-17-23(36-27(19)34)26-29(4,5)37-26)11-15-32(31,8)22(21)9-10-24(30)28(25,2)3/h9,19-21,23-27,34H,10-17H2,1-8H3/t19-,20-,21-,23+,24-,25-,26+,27-,30+,31-,32+/m0/s1. The minimum atomic E-state index is -0.675. The van der Waals surface area contributed by atoms with Crippen LogP contribution >= 0.6 is 0 Å². The smallest absolute Gasteiger partial charge is 0.302 e. The van der Waals surface area contributed by atoms with Crippen LogP contribution in [0.1, 0.15) is 107 Å². The zero-order valence-electron chi connectivity index (χ0n) is 24.4. The molecule has 37 heavy (non-hydrogen) atoms. The Bertz CT molecular complexity index is 999. The maximum atomic E-state index is 11.9. The predicted molar refractivity (Wildman–Crippen MR) is 142 cm³/mol. The van der Waals surface area contributed by atoms with Crippen molar-refractivity contribution in [3.63, 3.8) is 0 Å². The molecule has 6 rings (SSSR count). The molecule has 5 nitrogen and oxygen atoms in total. The number of epoxide rings is 1. The van der Waals surface area contributed by atoms with Crippen molar-refractivity contribution in [3.05, 3.63) is 11.6 Å². The highest BCUT2D eigenvalue weighted by Crippen LogP contribution is 2.74. The molecule has 208 valence electrons. The van der Waals surface area contributed by atoms with Crippen molar-refractivity contribution >= 4 is 5.97 Å². The maximum absolute atomic E-state index is 11.9. The first-order valence-corrected chi connectivity index (χ1v) is 15.0. The van der Waals surface area contributed by atoms with Gasteiger partial charge in [-0.1, -0.05) is 46.3 Å². The number of aliphatic hydroxyl groups excluding tert-OH is 1. The quantitative estimate of drug-likeness (QED) is 0.267. The molecule has 5 fully saturated rings. The second kappa shape index (κ2) is 8.07. The highest BCUT2D eigenvalue weighted by molar-refractivity contribution is 5.66. The van der Waals surface area contributed by atoms with Crippen LogP contribution in [-0.4, -0.2) is 41.3 Å². The lowest BCUT2D eigenvalue weighted by Crippen LogP contribution is -2.58. The fraction of sp³-hybridized carbons (Fsp3) is 0.906. The van der Waals surface area contributed by atoms with Gasteiger partial charge in [-0.15, -0.1) is 0 Å². The van der Waals surface area contributed by atoms with Crippen LogP contribution in [0.25, 0.3) is 0 Å². The van der Waals surface area contributed by atoms with Gasteiger partial charge in [-0.25, -0.2) is 0 Å². The topological polar surface area (TPSA) is 68.3 Å². The van der Waals surface area contributed by atoms with Crippen molar-refractivity contribution in [1.29, 1.82) is 0 Å². The van der Waals surface area contributed by atoms with Crippen molar-refractivity contribution in [2.24, 2.45) is 45.3 Å². The highest BCUT2D eigenvalue weighted by atomic mass is 16.7. The molecule has 1 N–H and O–H groups in total. The number of esters is 1. The summed E-state index contributed by atoms with van der Waals surface area (Å²) < 4.78 is 17.9. The second-order valence-electron chi connectivity index (χ2n) is 15.5. The van der Waals surface area contributed by atoms with E-state index in [0.717, 1.165) is 25.7 Å². The number of hydrogen-bond donors (Lipinski definition) is 1. The Balaban J connectivity index is 1.27. The number of aliphatic hydroxyl groups is 1. The van der Waals surface area contributed by atoms with Crippen molar-refractivity contribution in [2.75, 3.05) is 0 Å². The minimum Gasteiger partial charge on any atom is -0.462 e. The van der Waals surface area contributed by atoms with Crippen LogP contribution in [0, 0.1) is 45.3 Å². The normalized spacial score (nSPS) is 53.5. The van der Waals surface area contributed by atoms with E-state index in [1.807, 2.05) is 0 Å². The fourth-order valence-electron chi connectivity index (χ4n) is 10.9. The third-order valence-corrected chi connectivity index (χ3v) is 13.2. The lowest BCUT2D eigenvalue weighted by Gasteiger charge is -2.64. The molecule has 2 heterocycles. The van der Waals surface area contributed by atoms with Gasteiger partial charge >= 0.3 is 5.97 Å². The van der Waals surface area contributed by atoms with E-state index in [0.29, 0.717) is 17.8 Å². The number of ether oxygens (including phenoxy) is 3. The Morgan fingerprint density at radius 3 is 2.38 bits per heavy atom. The molecule has 0 spiro atoms. The van der Waals surface area contributed by atoms with Crippen molar-refractivity contribution in [2.45, 2.75) is 137 Å². The van der Waals surface area contributed by atoms with Crippen molar-refractivity contribution in [1.82, 2.24) is 0 Å². The lowest BCUT2D eigenvalue weighted by atomic mass is 9.41. The molecule has 0 unspecified atom stereocenters. The molecule has 4 aliphatic carbocycles. The van der Waals surface area contributed by atoms with Gasteiger partial charge in [0.2, 0.25) is 0 Å². The molecular weight excluding hydrogens is 464 g/mol. The molecule has 2 saturated heterocycles. The van der Waals surface area contributed by atoms with E-state index in [9.17, 15) is 9.90 Å². The summed E-state index contributed by atoms with van der Waals surface area (Å²) in [4.78, 5) is 11.9. The Kier molecular flexibility index (Phi) is 5.74. The van der Waals surface area contributed by atoms with E-state index < -0.39 is 6.29 Å². The summed E-state index contributed by atoms with van der Waals surface area (Å²) in [5.74, 6) is 1.63. The molecular formula is C32H50O5. The first-order valence-electron chi connectivity index (χ1n) is 15.0. The molecule has 3 saturated carbocycles. The summed E-state index contributed by atoms with van der Waals surface area (Å²) in [6, 6.07) is 0. The van der Waals surface area contributed by atoms with Gasteiger partial charge in [0.25, 0.3) is 0 Å². The molecule has 11 atom stereocenters. The summed E-state index contributed by atoms with van der Waals surface area (Å²) in [6.07, 6.45) is 11.0. The van der Waals surface area contributed by atoms with Crippen LogP contribution in [0.3, 0.4) is 0 Å². The van der Waals surface area contributed by atoms with E-state index in [1.165, 1.54) is 25.7 Å². The highest BCUT2D eigenvalue weighted by Gasteiger charge is 2.67. The predicted octanol–water partition coefficient (Wildman–Crippen LogP) is 6.42. The summed E-state index contributed by atoms with van der Waals surface area (Å²) in [7, 11) is 0. The maximum Gasteiger partial charge on any atom is 0.302 e. The van der Waals surface area contributed by atoms with Gasteiger partial charge < -0.3 is 19.3 Å². The average molecular weight is 515 g/mol. The number of carbonyl (C=O) groups is 1. The van der Waals surface area contributed by atoms with E-state index in [-0.39, 0.29) is 57.5 Å². The molecule has 0 radical (unpaired) electrons. The molecule has 0 aromatic carbocycles. The van der Waals surface area contributed by atoms with E-state index in [4.69, 9.17) is 14.2 Å². The van der Waals surface area contributed by atoms with Gasteiger partial charge in [0.1, 0.15) is 12.2 Å². The molecule has 0 aromatic rings. The number of carbonyl (C=O) groups excluding carboxylic acids is 1. The third-order valence-electron chi connectivity index (χ3n) is 13.2. The number of rotatable bonds is 3. The first kappa shape index (κ1) is 26.3. The van der Waals surface area contributed by atoms with Crippen LogP contribution in [-0.2, 0) is 19.0 Å². The Hall–Kier alpha value is -0.910. The fourth-order valence-corrected chi connectivity index (χ4v) is 10.9. The van der Waals surface area contributed by atoms with Crippen LogP contribution in [0.4, 0.5) is 0 Å². The molecule has 5 heteroatoms. The molecule has 2 aliphatic heterocycles. The van der Waals surface area contributed by atoms with Gasteiger partial charge in [-0.2, -0.15) is 0 Å².